The highest BCUT2D eigenvalue weighted by atomic mass is 16.6. The molecule has 0 radical (unpaired) electrons. The third kappa shape index (κ3) is 1.18. The number of aliphatic hydroxyl groups excluding tert-OH is 2. The lowest BCUT2D eigenvalue weighted by Crippen LogP contribution is -2.33. The van der Waals surface area contributed by atoms with Crippen LogP contribution in [0.4, 0.5) is 0 Å². The third-order valence-electron chi connectivity index (χ3n) is 1.26. The summed E-state index contributed by atoms with van der Waals surface area (Å²) in [5.41, 5.74) is 0. The Morgan fingerprint density at radius 2 is 2.12 bits per heavy atom. The summed E-state index contributed by atoms with van der Waals surface area (Å²) in [7, 11) is 0. The van der Waals surface area contributed by atoms with Crippen molar-refractivity contribution in [3.05, 3.63) is 0 Å². The van der Waals surface area contributed by atoms with Gasteiger partial charge >= 0.3 is 0 Å². The SMILES string of the molecule is OC1CCCO[C@@H]1O. The van der Waals surface area contributed by atoms with Crippen molar-refractivity contribution in [3.63, 3.8) is 0 Å². The third-order valence-corrected chi connectivity index (χ3v) is 1.26. The van der Waals surface area contributed by atoms with Crippen LogP contribution in [-0.4, -0.2) is 29.2 Å². The minimum absolute atomic E-state index is 0.568. The van der Waals surface area contributed by atoms with E-state index < -0.39 is 12.4 Å². The predicted molar refractivity (Wildman–Crippen MR) is 27.2 cm³/mol. The minimum atomic E-state index is -0.941. The molecule has 0 amide bonds. The van der Waals surface area contributed by atoms with E-state index in [4.69, 9.17) is 14.9 Å². The summed E-state index contributed by atoms with van der Waals surface area (Å²) in [5.74, 6) is 0. The highest BCUT2D eigenvalue weighted by Gasteiger charge is 2.20. The van der Waals surface area contributed by atoms with E-state index in [1.54, 1.807) is 0 Å². The van der Waals surface area contributed by atoms with Crippen LogP contribution in [0.25, 0.3) is 0 Å². The van der Waals surface area contributed by atoms with E-state index >= 15 is 0 Å². The molecular weight excluding hydrogens is 108 g/mol. The summed E-state index contributed by atoms with van der Waals surface area (Å²) in [6.45, 7) is 0.568. The first-order chi connectivity index (χ1) is 3.80. The Morgan fingerprint density at radius 3 is 2.50 bits per heavy atom. The van der Waals surface area contributed by atoms with E-state index in [0.29, 0.717) is 13.0 Å². The van der Waals surface area contributed by atoms with E-state index in [9.17, 15) is 0 Å². The molecule has 8 heavy (non-hydrogen) atoms. The summed E-state index contributed by atoms with van der Waals surface area (Å²) in [6.07, 6.45) is -0.105. The molecule has 1 aliphatic heterocycles. The number of aliphatic hydroxyl groups is 2. The quantitative estimate of drug-likeness (QED) is 0.450. The van der Waals surface area contributed by atoms with Gasteiger partial charge in [0.1, 0.15) is 6.10 Å². The maximum atomic E-state index is 8.80. The maximum absolute atomic E-state index is 8.80. The van der Waals surface area contributed by atoms with Crippen LogP contribution in [0.1, 0.15) is 12.8 Å². The highest BCUT2D eigenvalue weighted by Crippen LogP contribution is 2.10. The zero-order valence-corrected chi connectivity index (χ0v) is 4.58. The van der Waals surface area contributed by atoms with Gasteiger partial charge < -0.3 is 14.9 Å². The van der Waals surface area contributed by atoms with Crippen molar-refractivity contribution in [2.45, 2.75) is 25.2 Å². The molecule has 2 N–H and O–H groups in total. The fraction of sp³-hybridized carbons (Fsp3) is 1.00. The van der Waals surface area contributed by atoms with E-state index in [1.807, 2.05) is 0 Å². The maximum Gasteiger partial charge on any atom is 0.180 e. The average molecular weight is 118 g/mol. The molecule has 0 spiro atoms. The van der Waals surface area contributed by atoms with E-state index in [-0.39, 0.29) is 0 Å². The molecule has 3 nitrogen and oxygen atoms in total. The fourth-order valence-corrected chi connectivity index (χ4v) is 0.750. The fourth-order valence-electron chi connectivity index (χ4n) is 0.750. The predicted octanol–water partition coefficient (Wildman–Crippen LogP) is -0.524. The van der Waals surface area contributed by atoms with Crippen molar-refractivity contribution >= 4 is 0 Å². The van der Waals surface area contributed by atoms with Crippen LogP contribution in [0.5, 0.6) is 0 Å². The molecule has 0 aliphatic carbocycles. The van der Waals surface area contributed by atoms with Crippen molar-refractivity contribution in [3.8, 4) is 0 Å². The molecule has 1 saturated heterocycles. The molecule has 1 rings (SSSR count). The lowest BCUT2D eigenvalue weighted by atomic mass is 10.1. The molecule has 1 unspecified atom stereocenters. The number of rotatable bonds is 0. The molecule has 2 atom stereocenters. The van der Waals surface area contributed by atoms with Crippen molar-refractivity contribution < 1.29 is 14.9 Å². The van der Waals surface area contributed by atoms with Gasteiger partial charge in [-0.05, 0) is 12.8 Å². The van der Waals surface area contributed by atoms with Gasteiger partial charge in [0.2, 0.25) is 0 Å². The molecule has 1 heterocycles. The molecule has 0 bridgehead atoms. The van der Waals surface area contributed by atoms with Crippen molar-refractivity contribution in [2.24, 2.45) is 0 Å². The van der Waals surface area contributed by atoms with E-state index in [2.05, 4.69) is 0 Å². The lowest BCUT2D eigenvalue weighted by Gasteiger charge is -2.22. The molecule has 0 aromatic carbocycles. The Morgan fingerprint density at radius 1 is 1.38 bits per heavy atom. The molecular formula is C5H10O3. The smallest absolute Gasteiger partial charge is 0.180 e. The summed E-state index contributed by atoms with van der Waals surface area (Å²) in [5, 5.41) is 17.5. The second kappa shape index (κ2) is 2.44. The van der Waals surface area contributed by atoms with Gasteiger partial charge in [0, 0.05) is 6.61 Å². The second-order valence-electron chi connectivity index (χ2n) is 1.97. The van der Waals surface area contributed by atoms with Gasteiger partial charge in [-0.25, -0.2) is 0 Å². The molecule has 0 aromatic heterocycles. The largest absolute Gasteiger partial charge is 0.388 e. The highest BCUT2D eigenvalue weighted by molar-refractivity contribution is 4.62. The zero-order chi connectivity index (χ0) is 5.98. The van der Waals surface area contributed by atoms with Crippen LogP contribution in [0.15, 0.2) is 0 Å². The molecule has 3 heteroatoms. The summed E-state index contributed by atoms with van der Waals surface area (Å²) in [6, 6.07) is 0. The topological polar surface area (TPSA) is 49.7 Å². The zero-order valence-electron chi connectivity index (χ0n) is 4.58. The van der Waals surface area contributed by atoms with Crippen LogP contribution < -0.4 is 0 Å². The van der Waals surface area contributed by atoms with Gasteiger partial charge in [0.15, 0.2) is 6.29 Å². The van der Waals surface area contributed by atoms with Crippen molar-refractivity contribution in [2.75, 3.05) is 6.61 Å². The van der Waals surface area contributed by atoms with Gasteiger partial charge in [-0.2, -0.15) is 0 Å². The summed E-state index contributed by atoms with van der Waals surface area (Å²) in [4.78, 5) is 0. The summed E-state index contributed by atoms with van der Waals surface area (Å²) >= 11 is 0. The lowest BCUT2D eigenvalue weighted by molar-refractivity contribution is -0.185. The Balaban J connectivity index is 2.28. The average Bonchev–Trinajstić information content (AvgIpc) is 1.77. The molecule has 0 saturated carbocycles. The molecule has 1 fully saturated rings. The van der Waals surface area contributed by atoms with E-state index in [0.717, 1.165) is 6.42 Å². The standard InChI is InChI=1S/C5H10O3/c6-4-2-1-3-8-5(4)7/h4-7H,1-3H2/t4?,5-/m0/s1. The van der Waals surface area contributed by atoms with Gasteiger partial charge in [0.05, 0.1) is 0 Å². The Bertz CT molecular complexity index is 64.1. The molecule has 1 aliphatic rings. The first kappa shape index (κ1) is 6.01. The number of hydrogen-bond acceptors (Lipinski definition) is 3. The second-order valence-corrected chi connectivity index (χ2v) is 1.97. The molecule has 48 valence electrons. The van der Waals surface area contributed by atoms with Crippen LogP contribution in [0.2, 0.25) is 0 Å². The number of ether oxygens (including phenoxy) is 1. The normalized spacial score (nSPS) is 39.8. The van der Waals surface area contributed by atoms with Gasteiger partial charge in [-0.1, -0.05) is 0 Å². The first-order valence-electron chi connectivity index (χ1n) is 2.78. The summed E-state index contributed by atoms with van der Waals surface area (Å²) < 4.78 is 4.70. The monoisotopic (exact) mass is 118 g/mol. The van der Waals surface area contributed by atoms with E-state index in [1.165, 1.54) is 0 Å². The Kier molecular flexibility index (Phi) is 1.83. The van der Waals surface area contributed by atoms with Gasteiger partial charge in [0.25, 0.3) is 0 Å². The number of hydrogen-bond donors (Lipinski definition) is 2. The van der Waals surface area contributed by atoms with Crippen molar-refractivity contribution in [1.82, 2.24) is 0 Å². The van der Waals surface area contributed by atoms with Crippen LogP contribution in [0.3, 0.4) is 0 Å². The Labute approximate surface area is 47.9 Å². The van der Waals surface area contributed by atoms with Crippen LogP contribution >= 0.6 is 0 Å². The Hall–Kier alpha value is -0.120. The van der Waals surface area contributed by atoms with Crippen molar-refractivity contribution in [1.29, 1.82) is 0 Å². The van der Waals surface area contributed by atoms with Gasteiger partial charge in [-0.3, -0.25) is 0 Å². The molecule has 0 aromatic rings. The van der Waals surface area contributed by atoms with Crippen LogP contribution in [0, 0.1) is 0 Å². The first-order valence-corrected chi connectivity index (χ1v) is 2.78. The van der Waals surface area contributed by atoms with Gasteiger partial charge in [-0.15, -0.1) is 0 Å². The van der Waals surface area contributed by atoms with Crippen LogP contribution in [-0.2, 0) is 4.74 Å². The minimum Gasteiger partial charge on any atom is -0.388 e.